The predicted molar refractivity (Wildman–Crippen MR) is 59.2 cm³/mol. The Kier molecular flexibility index (Phi) is 3.21. The number of hydrogen-bond donors (Lipinski definition) is 0. The molecule has 0 bridgehead atoms. The second kappa shape index (κ2) is 4.53. The SMILES string of the molecule is O=C(c1ccsc1)c1cc(F)ccc1C(F)(F)F. The van der Waals surface area contributed by atoms with Crippen molar-refractivity contribution < 1.29 is 22.4 Å². The van der Waals surface area contributed by atoms with Crippen LogP contribution in [0.5, 0.6) is 0 Å². The molecule has 0 radical (unpaired) electrons. The molecule has 0 saturated heterocycles. The normalized spacial score (nSPS) is 11.6. The number of ketones is 1. The highest BCUT2D eigenvalue weighted by molar-refractivity contribution is 7.08. The molecule has 0 N–H and O–H groups in total. The topological polar surface area (TPSA) is 17.1 Å². The van der Waals surface area contributed by atoms with Crippen LogP contribution in [0.25, 0.3) is 0 Å². The zero-order valence-electron chi connectivity index (χ0n) is 8.79. The van der Waals surface area contributed by atoms with Crippen molar-refractivity contribution in [1.82, 2.24) is 0 Å². The molecule has 0 aliphatic rings. The van der Waals surface area contributed by atoms with Crippen molar-refractivity contribution in [2.45, 2.75) is 6.18 Å². The van der Waals surface area contributed by atoms with Crippen LogP contribution in [0.1, 0.15) is 21.5 Å². The zero-order valence-corrected chi connectivity index (χ0v) is 9.61. The van der Waals surface area contributed by atoms with Crippen molar-refractivity contribution in [2.24, 2.45) is 0 Å². The zero-order chi connectivity index (χ0) is 13.3. The third-order valence-corrected chi connectivity index (χ3v) is 3.00. The Morgan fingerprint density at radius 1 is 1.17 bits per heavy atom. The Balaban J connectivity index is 2.56. The molecular weight excluding hydrogens is 268 g/mol. The number of carbonyl (C=O) groups excluding carboxylic acids is 1. The van der Waals surface area contributed by atoms with E-state index in [2.05, 4.69) is 0 Å². The molecular formula is C12H6F4OS. The van der Waals surface area contributed by atoms with Crippen LogP contribution in [0.4, 0.5) is 17.6 Å². The number of benzene rings is 1. The molecule has 1 nitrogen and oxygen atoms in total. The minimum atomic E-state index is -4.69. The summed E-state index contributed by atoms with van der Waals surface area (Å²) in [4.78, 5) is 11.9. The first-order valence-corrected chi connectivity index (χ1v) is 5.77. The Morgan fingerprint density at radius 2 is 1.89 bits per heavy atom. The van der Waals surface area contributed by atoms with Gasteiger partial charge in [0, 0.05) is 16.5 Å². The van der Waals surface area contributed by atoms with Gasteiger partial charge >= 0.3 is 6.18 Å². The van der Waals surface area contributed by atoms with Gasteiger partial charge in [0.2, 0.25) is 0 Å². The number of hydrogen-bond acceptors (Lipinski definition) is 2. The van der Waals surface area contributed by atoms with Crippen LogP contribution in [0, 0.1) is 5.82 Å². The average Bonchev–Trinajstić information content (AvgIpc) is 2.79. The summed E-state index contributed by atoms with van der Waals surface area (Å²) in [5.74, 6) is -1.70. The lowest BCUT2D eigenvalue weighted by atomic mass is 9.99. The van der Waals surface area contributed by atoms with Crippen molar-refractivity contribution in [3.05, 3.63) is 57.5 Å². The molecule has 94 valence electrons. The summed E-state index contributed by atoms with van der Waals surface area (Å²) in [6.07, 6.45) is -4.69. The Bertz CT molecular complexity index is 572. The van der Waals surface area contributed by atoms with Crippen LogP contribution in [-0.4, -0.2) is 5.78 Å². The fraction of sp³-hybridized carbons (Fsp3) is 0.0833. The lowest BCUT2D eigenvalue weighted by molar-refractivity contribution is -0.137. The summed E-state index contributed by atoms with van der Waals surface area (Å²) in [7, 11) is 0. The predicted octanol–water partition coefficient (Wildman–Crippen LogP) is 4.14. The third kappa shape index (κ3) is 2.43. The largest absolute Gasteiger partial charge is 0.417 e. The molecule has 0 atom stereocenters. The summed E-state index contributed by atoms with van der Waals surface area (Å²) in [6, 6.07) is 3.28. The monoisotopic (exact) mass is 274 g/mol. The number of alkyl halides is 3. The van der Waals surface area contributed by atoms with Gasteiger partial charge in [0.1, 0.15) is 5.82 Å². The molecule has 0 aliphatic heterocycles. The van der Waals surface area contributed by atoms with E-state index in [0.717, 1.165) is 0 Å². The fourth-order valence-corrected chi connectivity index (χ4v) is 2.14. The van der Waals surface area contributed by atoms with E-state index in [4.69, 9.17) is 0 Å². The molecule has 1 aromatic heterocycles. The molecule has 2 aromatic rings. The van der Waals surface area contributed by atoms with Gasteiger partial charge < -0.3 is 0 Å². The van der Waals surface area contributed by atoms with Crippen LogP contribution in [0.3, 0.4) is 0 Å². The molecule has 2 rings (SSSR count). The van der Waals surface area contributed by atoms with Gasteiger partial charge in [-0.25, -0.2) is 4.39 Å². The highest BCUT2D eigenvalue weighted by Crippen LogP contribution is 2.33. The van der Waals surface area contributed by atoms with E-state index in [1.165, 1.54) is 22.8 Å². The van der Waals surface area contributed by atoms with Gasteiger partial charge in [-0.3, -0.25) is 4.79 Å². The Morgan fingerprint density at radius 3 is 2.44 bits per heavy atom. The Labute approximate surface area is 104 Å². The maximum Gasteiger partial charge on any atom is 0.417 e. The first-order chi connectivity index (χ1) is 8.39. The summed E-state index contributed by atoms with van der Waals surface area (Å²) in [5, 5.41) is 2.99. The van der Waals surface area contributed by atoms with Gasteiger partial charge in [-0.15, -0.1) is 0 Å². The van der Waals surface area contributed by atoms with E-state index >= 15 is 0 Å². The first-order valence-electron chi connectivity index (χ1n) is 4.83. The first kappa shape index (κ1) is 12.8. The molecule has 0 saturated carbocycles. The maximum atomic E-state index is 13.0. The molecule has 1 aromatic carbocycles. The van der Waals surface area contributed by atoms with Crippen LogP contribution in [-0.2, 0) is 6.18 Å². The van der Waals surface area contributed by atoms with Gasteiger partial charge in [-0.2, -0.15) is 24.5 Å². The molecule has 1 heterocycles. The van der Waals surface area contributed by atoms with Crippen LogP contribution >= 0.6 is 11.3 Å². The van der Waals surface area contributed by atoms with Gasteiger partial charge in [0.25, 0.3) is 0 Å². The van der Waals surface area contributed by atoms with E-state index in [-0.39, 0.29) is 5.56 Å². The highest BCUT2D eigenvalue weighted by atomic mass is 32.1. The lowest BCUT2D eigenvalue weighted by Crippen LogP contribution is -2.13. The minimum absolute atomic E-state index is 0.121. The molecule has 0 amide bonds. The number of halogens is 4. The van der Waals surface area contributed by atoms with E-state index in [1.54, 1.807) is 5.38 Å². The van der Waals surface area contributed by atoms with E-state index in [9.17, 15) is 22.4 Å². The van der Waals surface area contributed by atoms with Crippen molar-refractivity contribution in [1.29, 1.82) is 0 Å². The van der Waals surface area contributed by atoms with E-state index in [1.807, 2.05) is 0 Å². The van der Waals surface area contributed by atoms with Gasteiger partial charge in [0.05, 0.1) is 5.56 Å². The van der Waals surface area contributed by atoms with Gasteiger partial charge in [0.15, 0.2) is 5.78 Å². The molecule has 0 fully saturated rings. The standard InChI is InChI=1S/C12H6F4OS/c13-8-1-2-10(12(14,15)16)9(5-8)11(17)7-3-4-18-6-7/h1-6H. The van der Waals surface area contributed by atoms with Crippen molar-refractivity contribution in [2.75, 3.05) is 0 Å². The van der Waals surface area contributed by atoms with Crippen molar-refractivity contribution >= 4 is 17.1 Å². The molecule has 0 unspecified atom stereocenters. The summed E-state index contributed by atoms with van der Waals surface area (Å²) < 4.78 is 51.2. The summed E-state index contributed by atoms with van der Waals surface area (Å²) in [6.45, 7) is 0. The fourth-order valence-electron chi connectivity index (χ4n) is 1.50. The smallest absolute Gasteiger partial charge is 0.289 e. The van der Waals surface area contributed by atoms with Crippen LogP contribution in [0.15, 0.2) is 35.0 Å². The summed E-state index contributed by atoms with van der Waals surface area (Å²) >= 11 is 1.18. The van der Waals surface area contributed by atoms with Gasteiger partial charge in [-0.1, -0.05) is 0 Å². The average molecular weight is 274 g/mol. The Hall–Kier alpha value is -1.69. The van der Waals surface area contributed by atoms with E-state index in [0.29, 0.717) is 18.2 Å². The van der Waals surface area contributed by atoms with Gasteiger partial charge in [-0.05, 0) is 29.6 Å². The van der Waals surface area contributed by atoms with Crippen LogP contribution < -0.4 is 0 Å². The van der Waals surface area contributed by atoms with E-state index < -0.39 is 28.9 Å². The molecule has 0 aliphatic carbocycles. The van der Waals surface area contributed by atoms with Crippen LogP contribution in [0.2, 0.25) is 0 Å². The highest BCUT2D eigenvalue weighted by Gasteiger charge is 2.35. The maximum absolute atomic E-state index is 13.0. The minimum Gasteiger partial charge on any atom is -0.289 e. The quantitative estimate of drug-likeness (QED) is 0.594. The second-order valence-corrected chi connectivity index (χ2v) is 4.31. The molecule has 18 heavy (non-hydrogen) atoms. The second-order valence-electron chi connectivity index (χ2n) is 3.53. The summed E-state index contributed by atoms with van der Waals surface area (Å²) in [5.41, 5.74) is -1.67. The van der Waals surface area contributed by atoms with Crippen molar-refractivity contribution in [3.8, 4) is 0 Å². The third-order valence-electron chi connectivity index (χ3n) is 2.32. The number of carbonyl (C=O) groups is 1. The van der Waals surface area contributed by atoms with Crippen molar-refractivity contribution in [3.63, 3.8) is 0 Å². The number of rotatable bonds is 2. The lowest BCUT2D eigenvalue weighted by Gasteiger charge is -2.11. The molecule has 6 heteroatoms. The molecule has 0 spiro atoms. The number of thiophene rings is 1.